The fourth-order valence-corrected chi connectivity index (χ4v) is 2.43. The van der Waals surface area contributed by atoms with Crippen LogP contribution in [0.1, 0.15) is 26.2 Å². The van der Waals surface area contributed by atoms with E-state index in [2.05, 4.69) is 28.6 Å². The number of aliphatic hydroxyl groups excluding tert-OH is 2. The number of unbranched alkanes of at least 4 members (excludes halogenated alkanes) is 1. The van der Waals surface area contributed by atoms with Gasteiger partial charge in [-0.25, -0.2) is 4.79 Å². The predicted molar refractivity (Wildman–Crippen MR) is 107 cm³/mol. The highest BCUT2D eigenvalue weighted by Gasteiger charge is 2.30. The van der Waals surface area contributed by atoms with E-state index in [1.165, 1.54) is 6.92 Å². The summed E-state index contributed by atoms with van der Waals surface area (Å²) in [5.74, 6) is -3.95. The van der Waals surface area contributed by atoms with E-state index in [1.54, 1.807) is 0 Å². The highest BCUT2D eigenvalue weighted by molar-refractivity contribution is 7.80. The van der Waals surface area contributed by atoms with Gasteiger partial charge in [0.25, 0.3) is 0 Å². The number of nitrogens with one attached hydrogen (secondary N) is 3. The number of hydrogen-bond donors (Lipinski definition) is 9. The molecule has 0 aromatic carbocycles. The molecule has 3 amide bonds. The second-order valence-electron chi connectivity index (χ2n) is 6.44. The molecule has 0 spiro atoms. The van der Waals surface area contributed by atoms with Crippen LogP contribution < -0.4 is 27.4 Å². The second kappa shape index (κ2) is 14.1. The summed E-state index contributed by atoms with van der Waals surface area (Å²) in [4.78, 5) is 47.7. The molecular formula is C16H31N5O7S. The number of aliphatic hydroxyl groups is 2. The lowest BCUT2D eigenvalue weighted by molar-refractivity contribution is -0.142. The Morgan fingerprint density at radius 2 is 1.48 bits per heavy atom. The molecule has 0 radical (unpaired) electrons. The summed E-state index contributed by atoms with van der Waals surface area (Å²) in [5, 5.41) is 34.7. The van der Waals surface area contributed by atoms with Crippen LogP contribution in [0.2, 0.25) is 0 Å². The van der Waals surface area contributed by atoms with Gasteiger partial charge in [0.2, 0.25) is 17.7 Å². The molecule has 5 unspecified atom stereocenters. The average molecular weight is 438 g/mol. The van der Waals surface area contributed by atoms with Crippen molar-refractivity contribution in [3.63, 3.8) is 0 Å². The summed E-state index contributed by atoms with van der Waals surface area (Å²) in [6.45, 7) is 0.886. The molecule has 0 rings (SSSR count). The van der Waals surface area contributed by atoms with Gasteiger partial charge in [0.05, 0.1) is 12.7 Å². The van der Waals surface area contributed by atoms with Crippen molar-refractivity contribution < 1.29 is 34.5 Å². The van der Waals surface area contributed by atoms with Crippen molar-refractivity contribution in [2.24, 2.45) is 11.5 Å². The maximum atomic E-state index is 12.3. The first-order valence-corrected chi connectivity index (χ1v) is 9.71. The van der Waals surface area contributed by atoms with Gasteiger partial charge in [-0.3, -0.25) is 14.4 Å². The van der Waals surface area contributed by atoms with Gasteiger partial charge in [0.15, 0.2) is 0 Å². The molecule has 0 heterocycles. The van der Waals surface area contributed by atoms with Gasteiger partial charge >= 0.3 is 5.97 Å². The van der Waals surface area contributed by atoms with Crippen LogP contribution >= 0.6 is 12.6 Å². The third kappa shape index (κ3) is 9.89. The molecule has 29 heavy (non-hydrogen) atoms. The monoisotopic (exact) mass is 437 g/mol. The average Bonchev–Trinajstić information content (AvgIpc) is 2.67. The van der Waals surface area contributed by atoms with Crippen LogP contribution in [0.3, 0.4) is 0 Å². The summed E-state index contributed by atoms with van der Waals surface area (Å²) < 4.78 is 0. The first-order valence-electron chi connectivity index (χ1n) is 9.08. The van der Waals surface area contributed by atoms with Gasteiger partial charge < -0.3 is 42.7 Å². The smallest absolute Gasteiger partial charge is 0.326 e. The predicted octanol–water partition coefficient (Wildman–Crippen LogP) is -3.72. The Labute approximate surface area is 174 Å². The van der Waals surface area contributed by atoms with Gasteiger partial charge in [-0.1, -0.05) is 0 Å². The molecule has 0 aliphatic rings. The maximum Gasteiger partial charge on any atom is 0.326 e. The van der Waals surface area contributed by atoms with Gasteiger partial charge in [-0.15, -0.1) is 0 Å². The zero-order chi connectivity index (χ0) is 22.6. The van der Waals surface area contributed by atoms with Crippen LogP contribution in [0, 0.1) is 0 Å². The SMILES string of the molecule is CC(O)C(N)C(=O)NC(CS)C(=O)NC(CO)C(=O)NC(CCCCN)C(=O)O. The van der Waals surface area contributed by atoms with Crippen LogP contribution in [-0.4, -0.2) is 88.2 Å². The summed E-state index contributed by atoms with van der Waals surface area (Å²) >= 11 is 3.95. The quantitative estimate of drug-likeness (QED) is 0.0962. The number of carbonyl (C=O) groups is 4. The summed E-state index contributed by atoms with van der Waals surface area (Å²) in [6, 6.07) is -5.11. The van der Waals surface area contributed by atoms with E-state index in [9.17, 15) is 34.5 Å². The van der Waals surface area contributed by atoms with Crippen molar-refractivity contribution in [1.29, 1.82) is 0 Å². The third-order valence-electron chi connectivity index (χ3n) is 4.02. The topological polar surface area (TPSA) is 217 Å². The molecule has 0 saturated carbocycles. The Kier molecular flexibility index (Phi) is 13.2. The lowest BCUT2D eigenvalue weighted by atomic mass is 10.1. The standard InChI is InChI=1S/C16H31N5O7S/c1-8(23)12(18)15(26)21-11(7-29)14(25)20-10(6-22)13(24)19-9(16(27)28)4-2-3-5-17/h8-12,22-23,29H,2-7,17-18H2,1H3,(H,19,24)(H,20,25)(H,21,26)(H,27,28). The minimum absolute atomic E-state index is 0.136. The number of carbonyl (C=O) groups excluding carboxylic acids is 3. The molecular weight excluding hydrogens is 406 g/mol. The molecule has 12 nitrogen and oxygen atoms in total. The number of carboxylic acids is 1. The Hall–Kier alpha value is -1.93. The number of thiol groups is 1. The Bertz CT molecular complexity index is 564. The van der Waals surface area contributed by atoms with Crippen molar-refractivity contribution in [2.75, 3.05) is 18.9 Å². The minimum atomic E-state index is -1.44. The molecule has 0 aliphatic heterocycles. The lowest BCUT2D eigenvalue weighted by Crippen LogP contribution is -2.59. The minimum Gasteiger partial charge on any atom is -0.480 e. The van der Waals surface area contributed by atoms with Gasteiger partial charge in [-0.05, 0) is 32.7 Å². The van der Waals surface area contributed by atoms with Crippen LogP contribution in [-0.2, 0) is 19.2 Å². The number of hydrogen-bond acceptors (Lipinski definition) is 9. The van der Waals surface area contributed by atoms with Crippen LogP contribution in [0.25, 0.3) is 0 Å². The molecule has 13 heteroatoms. The van der Waals surface area contributed by atoms with Crippen LogP contribution in [0.15, 0.2) is 0 Å². The number of amides is 3. The highest BCUT2D eigenvalue weighted by atomic mass is 32.1. The summed E-state index contributed by atoms with van der Waals surface area (Å²) in [5.41, 5.74) is 10.8. The van der Waals surface area contributed by atoms with E-state index in [-0.39, 0.29) is 12.2 Å². The van der Waals surface area contributed by atoms with Crippen molar-refractivity contribution in [3.8, 4) is 0 Å². The highest BCUT2D eigenvalue weighted by Crippen LogP contribution is 2.02. The van der Waals surface area contributed by atoms with Crippen molar-refractivity contribution in [3.05, 3.63) is 0 Å². The zero-order valence-corrected chi connectivity index (χ0v) is 17.1. The molecule has 0 aromatic rings. The number of carboxylic acid groups (broad SMARTS) is 1. The van der Waals surface area contributed by atoms with Crippen molar-refractivity contribution in [2.45, 2.75) is 56.5 Å². The zero-order valence-electron chi connectivity index (χ0n) is 16.2. The maximum absolute atomic E-state index is 12.3. The van der Waals surface area contributed by atoms with E-state index in [0.29, 0.717) is 19.4 Å². The third-order valence-corrected chi connectivity index (χ3v) is 4.38. The molecule has 0 saturated heterocycles. The summed E-state index contributed by atoms with van der Waals surface area (Å²) in [7, 11) is 0. The molecule has 0 bridgehead atoms. The van der Waals surface area contributed by atoms with Crippen LogP contribution in [0.4, 0.5) is 0 Å². The van der Waals surface area contributed by atoms with Crippen LogP contribution in [0.5, 0.6) is 0 Å². The Morgan fingerprint density at radius 1 is 0.966 bits per heavy atom. The van der Waals surface area contributed by atoms with Crippen molar-refractivity contribution in [1.82, 2.24) is 16.0 Å². The molecule has 5 atom stereocenters. The molecule has 0 aromatic heterocycles. The Balaban J connectivity index is 4.94. The van der Waals surface area contributed by atoms with E-state index < -0.39 is 60.6 Å². The molecule has 168 valence electrons. The normalized spacial score (nSPS) is 16.1. The first kappa shape index (κ1) is 27.1. The number of aliphatic carboxylic acids is 1. The lowest BCUT2D eigenvalue weighted by Gasteiger charge is -2.24. The Morgan fingerprint density at radius 3 is 1.93 bits per heavy atom. The van der Waals surface area contributed by atoms with E-state index in [4.69, 9.17) is 11.5 Å². The number of rotatable bonds is 14. The summed E-state index contributed by atoms with van der Waals surface area (Å²) in [6.07, 6.45) is 0.0392. The molecule has 10 N–H and O–H groups in total. The van der Waals surface area contributed by atoms with Gasteiger partial charge in [0.1, 0.15) is 24.2 Å². The molecule has 0 fully saturated rings. The fraction of sp³-hybridized carbons (Fsp3) is 0.750. The van der Waals surface area contributed by atoms with Crippen molar-refractivity contribution >= 4 is 36.3 Å². The van der Waals surface area contributed by atoms with Gasteiger partial charge in [0, 0.05) is 5.75 Å². The van der Waals surface area contributed by atoms with E-state index >= 15 is 0 Å². The molecule has 0 aliphatic carbocycles. The number of nitrogens with two attached hydrogens (primary N) is 2. The second-order valence-corrected chi connectivity index (χ2v) is 6.80. The fourth-order valence-electron chi connectivity index (χ4n) is 2.17. The first-order chi connectivity index (χ1) is 13.6. The van der Waals surface area contributed by atoms with E-state index in [0.717, 1.165) is 0 Å². The van der Waals surface area contributed by atoms with E-state index in [1.807, 2.05) is 0 Å². The van der Waals surface area contributed by atoms with Gasteiger partial charge in [-0.2, -0.15) is 12.6 Å². The largest absolute Gasteiger partial charge is 0.480 e.